The molecule has 4 rings (SSSR count). The van der Waals surface area contributed by atoms with Crippen molar-refractivity contribution in [2.75, 3.05) is 32.8 Å². The maximum atomic E-state index is 12.7. The Balaban J connectivity index is 1.48. The van der Waals surface area contributed by atoms with Crippen LogP contribution in [-0.2, 0) is 22.6 Å². The Morgan fingerprint density at radius 1 is 1.26 bits per heavy atom. The SMILES string of the molecule is Cc1ccc(C)c(CN2CCOC[C@]3(CC(=O)N(Cc4cncs4)C3)C2)c1. The van der Waals surface area contributed by atoms with E-state index in [1.807, 2.05) is 16.6 Å². The lowest BCUT2D eigenvalue weighted by Crippen LogP contribution is -2.40. The van der Waals surface area contributed by atoms with Crippen LogP contribution >= 0.6 is 11.3 Å². The number of benzene rings is 1. The minimum absolute atomic E-state index is 0.101. The van der Waals surface area contributed by atoms with Gasteiger partial charge in [0.1, 0.15) is 0 Å². The Labute approximate surface area is 165 Å². The first-order valence-electron chi connectivity index (χ1n) is 9.54. The molecule has 5 nitrogen and oxygen atoms in total. The van der Waals surface area contributed by atoms with Crippen molar-refractivity contribution in [3.8, 4) is 0 Å². The Kier molecular flexibility index (Phi) is 5.30. The van der Waals surface area contributed by atoms with Crippen LogP contribution in [0.25, 0.3) is 0 Å². The Morgan fingerprint density at radius 3 is 2.96 bits per heavy atom. The van der Waals surface area contributed by atoms with Gasteiger partial charge in [0.05, 0.1) is 25.3 Å². The van der Waals surface area contributed by atoms with E-state index in [0.29, 0.717) is 19.6 Å². The minimum Gasteiger partial charge on any atom is -0.379 e. The molecule has 2 saturated heterocycles. The molecule has 0 bridgehead atoms. The summed E-state index contributed by atoms with van der Waals surface area (Å²) in [5.41, 5.74) is 5.72. The van der Waals surface area contributed by atoms with Gasteiger partial charge in [0.2, 0.25) is 5.91 Å². The molecular formula is C21H27N3O2S. The summed E-state index contributed by atoms with van der Waals surface area (Å²) in [6.07, 6.45) is 2.44. The van der Waals surface area contributed by atoms with Crippen LogP contribution < -0.4 is 0 Å². The minimum atomic E-state index is -0.101. The number of ether oxygens (including phenoxy) is 1. The van der Waals surface area contributed by atoms with E-state index < -0.39 is 0 Å². The molecule has 6 heteroatoms. The Morgan fingerprint density at radius 2 is 2.15 bits per heavy atom. The topological polar surface area (TPSA) is 45.7 Å². The smallest absolute Gasteiger partial charge is 0.223 e. The number of nitrogens with zero attached hydrogens (tertiary/aromatic N) is 3. The molecule has 1 aromatic heterocycles. The summed E-state index contributed by atoms with van der Waals surface area (Å²) >= 11 is 1.61. The van der Waals surface area contributed by atoms with Gasteiger partial charge in [-0.1, -0.05) is 23.8 Å². The van der Waals surface area contributed by atoms with Crippen LogP contribution in [0.15, 0.2) is 29.9 Å². The third kappa shape index (κ3) is 4.23. The first-order valence-corrected chi connectivity index (χ1v) is 10.4. The van der Waals surface area contributed by atoms with E-state index in [1.54, 1.807) is 11.3 Å². The fourth-order valence-electron chi connectivity index (χ4n) is 4.26. The van der Waals surface area contributed by atoms with Gasteiger partial charge in [0.25, 0.3) is 0 Å². The Hall–Kier alpha value is -1.76. The lowest BCUT2D eigenvalue weighted by molar-refractivity contribution is -0.128. The molecule has 1 atom stereocenters. The molecule has 1 aromatic carbocycles. The first-order chi connectivity index (χ1) is 13.0. The van der Waals surface area contributed by atoms with Gasteiger partial charge in [-0.3, -0.25) is 14.7 Å². The zero-order chi connectivity index (χ0) is 18.9. The van der Waals surface area contributed by atoms with Crippen molar-refractivity contribution < 1.29 is 9.53 Å². The van der Waals surface area contributed by atoms with Gasteiger partial charge in [0, 0.05) is 49.1 Å². The fraction of sp³-hybridized carbons (Fsp3) is 0.524. The molecular weight excluding hydrogens is 358 g/mol. The third-order valence-corrected chi connectivity index (χ3v) is 6.42. The third-order valence-electron chi connectivity index (χ3n) is 5.65. The molecule has 1 amide bonds. The molecule has 27 heavy (non-hydrogen) atoms. The lowest BCUT2D eigenvalue weighted by Gasteiger charge is -2.31. The van der Waals surface area contributed by atoms with Crippen molar-refractivity contribution in [2.24, 2.45) is 5.41 Å². The van der Waals surface area contributed by atoms with E-state index in [2.05, 4.69) is 41.9 Å². The highest BCUT2D eigenvalue weighted by atomic mass is 32.1. The predicted molar refractivity (Wildman–Crippen MR) is 107 cm³/mol. The second-order valence-corrected chi connectivity index (χ2v) is 9.06. The second-order valence-electron chi connectivity index (χ2n) is 8.09. The van der Waals surface area contributed by atoms with E-state index in [4.69, 9.17) is 4.74 Å². The van der Waals surface area contributed by atoms with Crippen LogP contribution in [-0.4, -0.2) is 53.5 Å². The van der Waals surface area contributed by atoms with Crippen molar-refractivity contribution in [1.82, 2.24) is 14.8 Å². The van der Waals surface area contributed by atoms with Crippen molar-refractivity contribution in [3.63, 3.8) is 0 Å². The van der Waals surface area contributed by atoms with Crippen LogP contribution in [0.4, 0.5) is 0 Å². The summed E-state index contributed by atoms with van der Waals surface area (Å²) in [6.45, 7) is 9.90. The first kappa shape index (κ1) is 18.6. The average molecular weight is 386 g/mol. The normalized spacial score (nSPS) is 23.9. The summed E-state index contributed by atoms with van der Waals surface area (Å²) in [5.74, 6) is 0.237. The number of thiazole rings is 1. The summed E-state index contributed by atoms with van der Waals surface area (Å²) < 4.78 is 5.96. The summed E-state index contributed by atoms with van der Waals surface area (Å²) in [6, 6.07) is 6.65. The molecule has 0 N–H and O–H groups in total. The number of hydrogen-bond donors (Lipinski definition) is 0. The molecule has 0 unspecified atom stereocenters. The van der Waals surface area contributed by atoms with Gasteiger partial charge in [0.15, 0.2) is 0 Å². The van der Waals surface area contributed by atoms with Crippen LogP contribution in [0.3, 0.4) is 0 Å². The molecule has 2 aliphatic heterocycles. The molecule has 1 spiro atoms. The zero-order valence-electron chi connectivity index (χ0n) is 16.1. The molecule has 3 heterocycles. The Bertz CT molecular complexity index is 808. The molecule has 0 saturated carbocycles. The monoisotopic (exact) mass is 385 g/mol. The lowest BCUT2D eigenvalue weighted by atomic mass is 9.87. The summed E-state index contributed by atoms with van der Waals surface area (Å²) in [4.78, 5) is 22.4. The van der Waals surface area contributed by atoms with E-state index >= 15 is 0 Å². The van der Waals surface area contributed by atoms with Gasteiger partial charge in [-0.25, -0.2) is 0 Å². The second kappa shape index (κ2) is 7.70. The average Bonchev–Trinajstić information content (AvgIpc) is 3.18. The van der Waals surface area contributed by atoms with Crippen molar-refractivity contribution in [2.45, 2.75) is 33.4 Å². The maximum absolute atomic E-state index is 12.7. The number of carbonyl (C=O) groups is 1. The van der Waals surface area contributed by atoms with Gasteiger partial charge >= 0.3 is 0 Å². The van der Waals surface area contributed by atoms with Crippen molar-refractivity contribution >= 4 is 17.2 Å². The van der Waals surface area contributed by atoms with Gasteiger partial charge in [-0.15, -0.1) is 11.3 Å². The van der Waals surface area contributed by atoms with Gasteiger partial charge < -0.3 is 9.64 Å². The van der Waals surface area contributed by atoms with Crippen LogP contribution in [0, 0.1) is 19.3 Å². The van der Waals surface area contributed by atoms with Gasteiger partial charge in [-0.05, 0) is 25.0 Å². The predicted octanol–water partition coefficient (Wildman–Crippen LogP) is 3.01. The van der Waals surface area contributed by atoms with Crippen LogP contribution in [0.2, 0.25) is 0 Å². The highest BCUT2D eigenvalue weighted by Crippen LogP contribution is 2.36. The summed E-state index contributed by atoms with van der Waals surface area (Å²) in [5, 5.41) is 0. The van der Waals surface area contributed by atoms with Crippen LogP contribution in [0.1, 0.15) is 28.0 Å². The van der Waals surface area contributed by atoms with Crippen molar-refractivity contribution in [1.29, 1.82) is 0 Å². The zero-order valence-corrected chi connectivity index (χ0v) is 16.9. The number of rotatable bonds is 4. The van der Waals surface area contributed by atoms with Crippen molar-refractivity contribution in [3.05, 3.63) is 51.5 Å². The van der Waals surface area contributed by atoms with Crippen LogP contribution in [0.5, 0.6) is 0 Å². The number of carbonyl (C=O) groups excluding carboxylic acids is 1. The number of likely N-dealkylation sites (tertiary alicyclic amines) is 1. The van der Waals surface area contributed by atoms with Gasteiger partial charge in [-0.2, -0.15) is 0 Å². The number of hydrogen-bond acceptors (Lipinski definition) is 5. The molecule has 0 radical (unpaired) electrons. The molecule has 144 valence electrons. The highest BCUT2D eigenvalue weighted by Gasteiger charge is 2.45. The van der Waals surface area contributed by atoms with E-state index in [-0.39, 0.29) is 11.3 Å². The number of aryl methyl sites for hydroxylation is 2. The van der Waals surface area contributed by atoms with E-state index in [0.717, 1.165) is 37.7 Å². The fourth-order valence-corrected chi connectivity index (χ4v) is 4.87. The number of aromatic nitrogens is 1. The molecule has 2 aromatic rings. The quantitative estimate of drug-likeness (QED) is 0.812. The van der Waals surface area contributed by atoms with E-state index in [1.165, 1.54) is 16.7 Å². The largest absolute Gasteiger partial charge is 0.379 e. The summed E-state index contributed by atoms with van der Waals surface area (Å²) in [7, 11) is 0. The van der Waals surface area contributed by atoms with E-state index in [9.17, 15) is 4.79 Å². The highest BCUT2D eigenvalue weighted by molar-refractivity contribution is 7.09. The number of amides is 1. The molecule has 0 aliphatic carbocycles. The molecule has 2 fully saturated rings. The standard InChI is InChI=1S/C21H27N3O2S/c1-16-3-4-17(2)18(7-16)10-23-5-6-26-14-21(12-23)8-20(25)24(13-21)11-19-9-22-15-27-19/h3-4,7,9,15H,5-6,8,10-14H2,1-2H3/t21-/m1/s1. The maximum Gasteiger partial charge on any atom is 0.223 e. The molecule has 2 aliphatic rings.